The highest BCUT2D eigenvalue weighted by atomic mass is 16.5. The lowest BCUT2D eigenvalue weighted by Gasteiger charge is -2.27. The number of hydrogen-bond donors (Lipinski definition) is 1. The summed E-state index contributed by atoms with van der Waals surface area (Å²) in [5, 5.41) is 7.28. The Morgan fingerprint density at radius 1 is 1.42 bits per heavy atom. The van der Waals surface area contributed by atoms with E-state index in [1.165, 1.54) is 6.42 Å². The van der Waals surface area contributed by atoms with Crippen molar-refractivity contribution in [2.24, 2.45) is 0 Å². The zero-order chi connectivity index (χ0) is 13.1. The van der Waals surface area contributed by atoms with E-state index in [9.17, 15) is 0 Å². The molecule has 2 aromatic rings. The van der Waals surface area contributed by atoms with Gasteiger partial charge in [-0.25, -0.2) is 0 Å². The predicted octanol–water partition coefficient (Wildman–Crippen LogP) is 2.04. The maximum Gasteiger partial charge on any atom is 0.168 e. The summed E-state index contributed by atoms with van der Waals surface area (Å²) in [5.74, 6) is 1.50. The van der Waals surface area contributed by atoms with Crippen LogP contribution < -0.4 is 10.1 Å². The molecule has 1 fully saturated rings. The van der Waals surface area contributed by atoms with Gasteiger partial charge in [-0.3, -0.25) is 4.98 Å². The number of nitrogens with zero attached hydrogens (tertiary/aromatic N) is 2. The number of aromatic nitrogens is 2. The second-order valence-electron chi connectivity index (χ2n) is 4.70. The first kappa shape index (κ1) is 12.2. The van der Waals surface area contributed by atoms with Crippen LogP contribution in [0.3, 0.4) is 0 Å². The maximum absolute atomic E-state index is 5.72. The van der Waals surface area contributed by atoms with Crippen molar-refractivity contribution in [3.05, 3.63) is 30.2 Å². The van der Waals surface area contributed by atoms with Crippen LogP contribution in [0.4, 0.5) is 0 Å². The largest absolute Gasteiger partial charge is 0.490 e. The molecule has 0 amide bonds. The van der Waals surface area contributed by atoms with Gasteiger partial charge in [0.2, 0.25) is 0 Å². The van der Waals surface area contributed by atoms with E-state index in [2.05, 4.69) is 15.5 Å². The molecule has 100 valence electrons. The van der Waals surface area contributed by atoms with Gasteiger partial charge in [-0.1, -0.05) is 12.1 Å². The molecule has 3 rings (SSSR count). The maximum atomic E-state index is 5.72. The highest BCUT2D eigenvalue weighted by molar-refractivity contribution is 5.57. The summed E-state index contributed by atoms with van der Waals surface area (Å²) < 4.78 is 11.0. The summed E-state index contributed by atoms with van der Waals surface area (Å²) in [7, 11) is 0. The van der Waals surface area contributed by atoms with E-state index in [1.807, 2.05) is 19.1 Å². The smallest absolute Gasteiger partial charge is 0.168 e. The molecule has 1 aliphatic heterocycles. The van der Waals surface area contributed by atoms with Crippen molar-refractivity contribution in [3.63, 3.8) is 0 Å². The molecule has 0 aliphatic carbocycles. The third kappa shape index (κ3) is 2.76. The molecule has 0 aromatic carbocycles. The van der Waals surface area contributed by atoms with Crippen molar-refractivity contribution in [3.8, 4) is 17.1 Å². The third-order valence-electron chi connectivity index (χ3n) is 3.30. The van der Waals surface area contributed by atoms with E-state index in [0.29, 0.717) is 12.6 Å². The van der Waals surface area contributed by atoms with Crippen LogP contribution in [-0.2, 0) is 6.42 Å². The van der Waals surface area contributed by atoms with Gasteiger partial charge in [0, 0.05) is 23.9 Å². The highest BCUT2D eigenvalue weighted by Gasteiger charge is 2.17. The number of hydrogen-bond acceptors (Lipinski definition) is 5. The van der Waals surface area contributed by atoms with Crippen LogP contribution in [0.2, 0.25) is 0 Å². The molecule has 1 N–H and O–H groups in total. The molecule has 0 radical (unpaired) electrons. The minimum absolute atomic E-state index is 0.473. The molecule has 1 aliphatic rings. The van der Waals surface area contributed by atoms with E-state index in [-0.39, 0.29) is 0 Å². The van der Waals surface area contributed by atoms with Gasteiger partial charge in [0.15, 0.2) is 5.76 Å². The van der Waals surface area contributed by atoms with Crippen LogP contribution in [0.25, 0.3) is 11.3 Å². The number of ether oxygens (including phenoxy) is 1. The molecule has 2 aromatic heterocycles. The van der Waals surface area contributed by atoms with Gasteiger partial charge in [0.1, 0.15) is 12.4 Å². The lowest BCUT2D eigenvalue weighted by atomic mass is 10.1. The van der Waals surface area contributed by atoms with Crippen LogP contribution in [0.1, 0.15) is 19.0 Å². The van der Waals surface area contributed by atoms with E-state index >= 15 is 0 Å². The van der Waals surface area contributed by atoms with Crippen LogP contribution in [0.15, 0.2) is 29.0 Å². The minimum Gasteiger partial charge on any atom is -0.490 e. The Bertz CT molecular complexity index is 549. The van der Waals surface area contributed by atoms with Gasteiger partial charge in [-0.05, 0) is 25.5 Å². The molecular weight excluding hydrogens is 242 g/mol. The van der Waals surface area contributed by atoms with Crippen LogP contribution >= 0.6 is 0 Å². The van der Waals surface area contributed by atoms with Crippen LogP contribution in [-0.4, -0.2) is 29.3 Å². The van der Waals surface area contributed by atoms with Gasteiger partial charge in [-0.15, -0.1) is 0 Å². The number of aryl methyl sites for hydroxylation is 1. The van der Waals surface area contributed by atoms with Gasteiger partial charge >= 0.3 is 0 Å². The van der Waals surface area contributed by atoms with E-state index < -0.39 is 0 Å². The number of pyridine rings is 1. The van der Waals surface area contributed by atoms with Crippen molar-refractivity contribution < 1.29 is 9.26 Å². The zero-order valence-electron chi connectivity index (χ0n) is 10.9. The average Bonchev–Trinajstić information content (AvgIpc) is 2.86. The average molecular weight is 259 g/mol. The second-order valence-corrected chi connectivity index (χ2v) is 4.70. The standard InChI is InChI=1S/C14H17N3O2/c1-2-11-6-14(19-17-11)10-5-13(8-15-7-10)18-9-12-3-4-16-12/h5-8,12,16H,2-4,9H2,1H3/t12-/m0/s1. The fraction of sp³-hybridized carbons (Fsp3) is 0.429. The van der Waals surface area contributed by atoms with Crippen molar-refractivity contribution in [2.45, 2.75) is 25.8 Å². The molecule has 1 atom stereocenters. The SMILES string of the molecule is CCc1cc(-c2cncc(OC[C@@H]3CCN3)c2)on1. The van der Waals surface area contributed by atoms with Gasteiger partial charge < -0.3 is 14.6 Å². The summed E-state index contributed by atoms with van der Waals surface area (Å²) in [4.78, 5) is 4.18. The Hall–Kier alpha value is -1.88. The lowest BCUT2D eigenvalue weighted by molar-refractivity contribution is 0.217. The van der Waals surface area contributed by atoms with Crippen LogP contribution in [0, 0.1) is 0 Å². The first-order valence-electron chi connectivity index (χ1n) is 6.62. The van der Waals surface area contributed by atoms with E-state index in [0.717, 1.165) is 35.7 Å². The highest BCUT2D eigenvalue weighted by Crippen LogP contribution is 2.23. The molecule has 1 saturated heterocycles. The molecular formula is C14H17N3O2. The van der Waals surface area contributed by atoms with Crippen molar-refractivity contribution in [1.29, 1.82) is 0 Å². The van der Waals surface area contributed by atoms with Gasteiger partial charge in [0.25, 0.3) is 0 Å². The normalized spacial score (nSPS) is 18.1. The fourth-order valence-electron chi connectivity index (χ4n) is 1.93. The first-order chi connectivity index (χ1) is 9.35. The summed E-state index contributed by atoms with van der Waals surface area (Å²) in [5.41, 5.74) is 1.84. The monoisotopic (exact) mass is 259 g/mol. The lowest BCUT2D eigenvalue weighted by Crippen LogP contribution is -2.46. The first-order valence-corrected chi connectivity index (χ1v) is 6.62. The molecule has 0 saturated carbocycles. The van der Waals surface area contributed by atoms with E-state index in [4.69, 9.17) is 9.26 Å². The quantitative estimate of drug-likeness (QED) is 0.890. The summed E-state index contributed by atoms with van der Waals surface area (Å²) in [6.07, 6.45) is 5.52. The number of rotatable bonds is 5. The predicted molar refractivity (Wildman–Crippen MR) is 71.0 cm³/mol. The van der Waals surface area contributed by atoms with Crippen molar-refractivity contribution in [1.82, 2.24) is 15.5 Å². The van der Waals surface area contributed by atoms with Crippen molar-refractivity contribution in [2.75, 3.05) is 13.2 Å². The minimum atomic E-state index is 0.473. The molecule has 5 heteroatoms. The molecule has 5 nitrogen and oxygen atoms in total. The molecule has 0 unspecified atom stereocenters. The Morgan fingerprint density at radius 2 is 2.32 bits per heavy atom. The molecule has 19 heavy (non-hydrogen) atoms. The van der Waals surface area contributed by atoms with Crippen molar-refractivity contribution >= 4 is 0 Å². The number of nitrogens with one attached hydrogen (secondary N) is 1. The van der Waals surface area contributed by atoms with E-state index in [1.54, 1.807) is 12.4 Å². The fourth-order valence-corrected chi connectivity index (χ4v) is 1.93. The topological polar surface area (TPSA) is 60.2 Å². The Balaban J connectivity index is 1.71. The summed E-state index contributed by atoms with van der Waals surface area (Å²) in [6, 6.07) is 4.35. The molecule has 0 bridgehead atoms. The Labute approximate surface area is 112 Å². The summed E-state index contributed by atoms with van der Waals surface area (Å²) in [6.45, 7) is 3.82. The van der Waals surface area contributed by atoms with Crippen LogP contribution in [0.5, 0.6) is 5.75 Å². The second kappa shape index (κ2) is 5.40. The Kier molecular flexibility index (Phi) is 3.46. The zero-order valence-corrected chi connectivity index (χ0v) is 10.9. The molecule has 0 spiro atoms. The third-order valence-corrected chi connectivity index (χ3v) is 3.30. The van der Waals surface area contributed by atoms with Gasteiger partial charge in [0.05, 0.1) is 11.9 Å². The molecule has 3 heterocycles. The van der Waals surface area contributed by atoms with Gasteiger partial charge in [-0.2, -0.15) is 0 Å². The summed E-state index contributed by atoms with van der Waals surface area (Å²) >= 11 is 0. The Morgan fingerprint density at radius 3 is 3.00 bits per heavy atom.